The lowest BCUT2D eigenvalue weighted by atomic mass is 10.3. The molecule has 0 rings (SSSR count). The first kappa shape index (κ1) is 14.2. The van der Waals surface area contributed by atoms with Gasteiger partial charge in [-0.15, -0.1) is 0 Å². The molecule has 0 saturated carbocycles. The first-order valence-electron chi connectivity index (χ1n) is 4.84. The number of primary amides is 1. The monoisotopic (exact) mass is 231 g/mol. The fourth-order valence-corrected chi connectivity index (χ4v) is 0.987. The van der Waals surface area contributed by atoms with Crippen LogP contribution in [0.2, 0.25) is 0 Å². The van der Waals surface area contributed by atoms with Crippen molar-refractivity contribution >= 4 is 17.9 Å². The average Bonchev–Trinajstić information content (AvgIpc) is 2.12. The standard InChI is InChI=1S/C9H17N3O4/c1-5(2)12(4-7(10)13)9(16)11-6(3)8(14)15/h5-6H,4H2,1-3H3,(H2,10,13)(H,11,16)(H,14,15)/t6-/m0/s1. The molecule has 92 valence electrons. The summed E-state index contributed by atoms with van der Waals surface area (Å²) in [7, 11) is 0. The number of carboxylic acid groups (broad SMARTS) is 1. The average molecular weight is 231 g/mol. The second-order valence-electron chi connectivity index (χ2n) is 3.70. The van der Waals surface area contributed by atoms with Gasteiger partial charge in [-0.2, -0.15) is 0 Å². The Morgan fingerprint density at radius 1 is 1.31 bits per heavy atom. The third-order valence-electron chi connectivity index (χ3n) is 1.92. The summed E-state index contributed by atoms with van der Waals surface area (Å²) in [4.78, 5) is 34.0. The van der Waals surface area contributed by atoms with E-state index < -0.39 is 23.9 Å². The van der Waals surface area contributed by atoms with Gasteiger partial charge in [0.1, 0.15) is 12.6 Å². The Bertz CT molecular complexity index is 290. The zero-order chi connectivity index (χ0) is 12.9. The number of urea groups is 1. The van der Waals surface area contributed by atoms with Gasteiger partial charge in [-0.3, -0.25) is 9.59 Å². The van der Waals surface area contributed by atoms with E-state index in [4.69, 9.17) is 10.8 Å². The van der Waals surface area contributed by atoms with Crippen LogP contribution in [0.15, 0.2) is 0 Å². The highest BCUT2D eigenvalue weighted by molar-refractivity contribution is 5.86. The lowest BCUT2D eigenvalue weighted by molar-refractivity contribution is -0.138. The van der Waals surface area contributed by atoms with E-state index in [-0.39, 0.29) is 12.6 Å². The minimum Gasteiger partial charge on any atom is -0.480 e. The molecule has 4 N–H and O–H groups in total. The van der Waals surface area contributed by atoms with Crippen molar-refractivity contribution in [1.29, 1.82) is 0 Å². The molecule has 0 fully saturated rings. The third-order valence-corrected chi connectivity index (χ3v) is 1.92. The van der Waals surface area contributed by atoms with Crippen molar-refractivity contribution in [2.45, 2.75) is 32.9 Å². The summed E-state index contributed by atoms with van der Waals surface area (Å²) in [5.74, 6) is -1.79. The molecule has 0 heterocycles. The van der Waals surface area contributed by atoms with Gasteiger partial charge in [0.15, 0.2) is 0 Å². The molecular weight excluding hydrogens is 214 g/mol. The lowest BCUT2D eigenvalue weighted by Gasteiger charge is -2.26. The van der Waals surface area contributed by atoms with Crippen molar-refractivity contribution in [3.05, 3.63) is 0 Å². The Balaban J connectivity index is 4.50. The number of aliphatic carboxylic acids is 1. The summed E-state index contributed by atoms with van der Waals surface area (Å²) >= 11 is 0. The number of carbonyl (C=O) groups is 3. The number of nitrogens with one attached hydrogen (secondary N) is 1. The van der Waals surface area contributed by atoms with Gasteiger partial charge in [0.2, 0.25) is 5.91 Å². The molecule has 0 spiro atoms. The molecule has 7 nitrogen and oxygen atoms in total. The van der Waals surface area contributed by atoms with Gasteiger partial charge in [0.05, 0.1) is 0 Å². The van der Waals surface area contributed by atoms with Gasteiger partial charge in [-0.1, -0.05) is 0 Å². The van der Waals surface area contributed by atoms with E-state index in [0.717, 1.165) is 0 Å². The van der Waals surface area contributed by atoms with Crippen LogP contribution in [0.5, 0.6) is 0 Å². The van der Waals surface area contributed by atoms with Crippen LogP contribution in [0.25, 0.3) is 0 Å². The molecule has 0 aromatic heterocycles. The summed E-state index contributed by atoms with van der Waals surface area (Å²) in [6, 6.07) is -1.88. The Kier molecular flexibility index (Phi) is 5.27. The maximum Gasteiger partial charge on any atom is 0.325 e. The van der Waals surface area contributed by atoms with E-state index in [1.54, 1.807) is 13.8 Å². The van der Waals surface area contributed by atoms with Crippen LogP contribution in [0.4, 0.5) is 4.79 Å². The van der Waals surface area contributed by atoms with Crippen LogP contribution in [-0.2, 0) is 9.59 Å². The van der Waals surface area contributed by atoms with Gasteiger partial charge in [0, 0.05) is 6.04 Å². The van der Waals surface area contributed by atoms with Crippen molar-refractivity contribution in [3.63, 3.8) is 0 Å². The van der Waals surface area contributed by atoms with Crippen LogP contribution in [0, 0.1) is 0 Å². The predicted octanol–water partition coefficient (Wildman–Crippen LogP) is -0.635. The first-order chi connectivity index (χ1) is 7.25. The molecule has 0 aromatic carbocycles. The number of hydrogen-bond acceptors (Lipinski definition) is 3. The van der Waals surface area contributed by atoms with Crippen molar-refractivity contribution in [2.24, 2.45) is 5.73 Å². The summed E-state index contributed by atoms with van der Waals surface area (Å²) in [5.41, 5.74) is 4.98. The molecule has 0 saturated heterocycles. The Morgan fingerprint density at radius 3 is 2.12 bits per heavy atom. The molecule has 0 aliphatic heterocycles. The molecule has 0 bridgehead atoms. The number of nitrogens with two attached hydrogens (primary N) is 1. The molecular formula is C9H17N3O4. The summed E-state index contributed by atoms with van der Waals surface area (Å²) in [6.07, 6.45) is 0. The number of rotatable bonds is 5. The van der Waals surface area contributed by atoms with Gasteiger partial charge >= 0.3 is 12.0 Å². The Labute approximate surface area is 93.6 Å². The summed E-state index contributed by atoms with van der Waals surface area (Å²) < 4.78 is 0. The highest BCUT2D eigenvalue weighted by Crippen LogP contribution is 1.99. The van der Waals surface area contributed by atoms with Crippen molar-refractivity contribution in [1.82, 2.24) is 10.2 Å². The zero-order valence-corrected chi connectivity index (χ0v) is 9.56. The summed E-state index contributed by atoms with van der Waals surface area (Å²) in [6.45, 7) is 4.50. The maximum absolute atomic E-state index is 11.6. The van der Waals surface area contributed by atoms with E-state index in [0.29, 0.717) is 0 Å². The number of carboxylic acids is 1. The highest BCUT2D eigenvalue weighted by atomic mass is 16.4. The van der Waals surface area contributed by atoms with E-state index >= 15 is 0 Å². The molecule has 0 aliphatic carbocycles. The van der Waals surface area contributed by atoms with Crippen LogP contribution < -0.4 is 11.1 Å². The van der Waals surface area contributed by atoms with Crippen LogP contribution in [-0.4, -0.2) is 46.5 Å². The van der Waals surface area contributed by atoms with Crippen molar-refractivity contribution in [2.75, 3.05) is 6.54 Å². The maximum atomic E-state index is 11.6. The fourth-order valence-electron chi connectivity index (χ4n) is 0.987. The lowest BCUT2D eigenvalue weighted by Crippen LogP contribution is -2.51. The molecule has 1 atom stereocenters. The fraction of sp³-hybridized carbons (Fsp3) is 0.667. The quantitative estimate of drug-likeness (QED) is 0.584. The third kappa shape index (κ3) is 4.63. The van der Waals surface area contributed by atoms with E-state index in [2.05, 4.69) is 5.32 Å². The molecule has 0 radical (unpaired) electrons. The number of nitrogens with zero attached hydrogens (tertiary/aromatic N) is 1. The topological polar surface area (TPSA) is 113 Å². The molecule has 0 aliphatic rings. The second-order valence-corrected chi connectivity index (χ2v) is 3.70. The predicted molar refractivity (Wildman–Crippen MR) is 56.7 cm³/mol. The Morgan fingerprint density at radius 2 is 1.81 bits per heavy atom. The number of hydrogen-bond donors (Lipinski definition) is 3. The summed E-state index contributed by atoms with van der Waals surface area (Å²) in [5, 5.41) is 10.9. The first-order valence-corrected chi connectivity index (χ1v) is 4.84. The van der Waals surface area contributed by atoms with Gasteiger partial charge in [-0.05, 0) is 20.8 Å². The smallest absolute Gasteiger partial charge is 0.325 e. The number of carbonyl (C=O) groups excluding carboxylic acids is 2. The SMILES string of the molecule is CC(C)N(CC(N)=O)C(=O)N[C@@H](C)C(=O)O. The van der Waals surface area contributed by atoms with Gasteiger partial charge in [-0.25, -0.2) is 4.79 Å². The van der Waals surface area contributed by atoms with Crippen molar-refractivity contribution in [3.8, 4) is 0 Å². The minimum atomic E-state index is -1.14. The molecule has 0 unspecified atom stereocenters. The van der Waals surface area contributed by atoms with Crippen LogP contribution in [0.3, 0.4) is 0 Å². The zero-order valence-electron chi connectivity index (χ0n) is 9.56. The van der Waals surface area contributed by atoms with Gasteiger partial charge < -0.3 is 21.1 Å². The van der Waals surface area contributed by atoms with Crippen LogP contribution >= 0.6 is 0 Å². The largest absolute Gasteiger partial charge is 0.480 e. The number of amides is 3. The van der Waals surface area contributed by atoms with Gasteiger partial charge in [0.25, 0.3) is 0 Å². The van der Waals surface area contributed by atoms with Crippen molar-refractivity contribution < 1.29 is 19.5 Å². The van der Waals surface area contributed by atoms with Crippen LogP contribution in [0.1, 0.15) is 20.8 Å². The second kappa shape index (κ2) is 5.94. The molecule has 0 aromatic rings. The van der Waals surface area contributed by atoms with E-state index in [1.165, 1.54) is 11.8 Å². The minimum absolute atomic E-state index is 0.240. The van der Waals surface area contributed by atoms with E-state index in [9.17, 15) is 14.4 Å². The van der Waals surface area contributed by atoms with E-state index in [1.807, 2.05) is 0 Å². The molecule has 3 amide bonds. The normalized spacial score (nSPS) is 12.0. The molecule has 7 heteroatoms. The Hall–Kier alpha value is -1.79. The highest BCUT2D eigenvalue weighted by Gasteiger charge is 2.22. The molecule has 16 heavy (non-hydrogen) atoms.